The lowest BCUT2D eigenvalue weighted by Gasteiger charge is -2.40. The van der Waals surface area contributed by atoms with Crippen molar-refractivity contribution in [2.75, 3.05) is 19.7 Å². The van der Waals surface area contributed by atoms with Crippen LogP contribution in [-0.4, -0.2) is 40.1 Å². The predicted molar refractivity (Wildman–Crippen MR) is 140 cm³/mol. The summed E-state index contributed by atoms with van der Waals surface area (Å²) in [5, 5.41) is 4.03. The summed E-state index contributed by atoms with van der Waals surface area (Å²) < 4.78 is 12.0. The van der Waals surface area contributed by atoms with Crippen molar-refractivity contribution >= 4 is 14.3 Å². The van der Waals surface area contributed by atoms with Gasteiger partial charge >= 0.3 is 5.97 Å². The molecule has 5 heteroatoms. The Bertz CT molecular complexity index is 504. The molecular formula is C27H55NO3Si. The number of carbonyl (C=O) groups is 1. The van der Waals surface area contributed by atoms with Gasteiger partial charge in [-0.1, -0.05) is 66.2 Å². The van der Waals surface area contributed by atoms with Crippen LogP contribution in [-0.2, 0) is 14.0 Å². The van der Waals surface area contributed by atoms with E-state index in [4.69, 9.17) is 9.16 Å². The van der Waals surface area contributed by atoms with E-state index in [-0.39, 0.29) is 11.0 Å². The lowest BCUT2D eigenvalue weighted by atomic mass is 9.89. The first-order valence-electron chi connectivity index (χ1n) is 13.7. The van der Waals surface area contributed by atoms with E-state index in [0.29, 0.717) is 25.0 Å². The Labute approximate surface area is 201 Å². The zero-order chi connectivity index (χ0) is 24.0. The van der Waals surface area contributed by atoms with Crippen LogP contribution >= 0.6 is 0 Å². The van der Waals surface area contributed by atoms with Gasteiger partial charge in [0.1, 0.15) is 0 Å². The third-order valence-corrected chi connectivity index (χ3v) is 12.2. The Balaban J connectivity index is 2.52. The molecule has 4 nitrogen and oxygen atoms in total. The van der Waals surface area contributed by atoms with Gasteiger partial charge in [-0.2, -0.15) is 0 Å². The molecule has 32 heavy (non-hydrogen) atoms. The van der Waals surface area contributed by atoms with Crippen LogP contribution in [0.4, 0.5) is 0 Å². The smallest absolute Gasteiger partial charge is 0.305 e. The van der Waals surface area contributed by atoms with Gasteiger partial charge in [0.05, 0.1) is 6.61 Å². The van der Waals surface area contributed by atoms with Crippen LogP contribution in [0.2, 0.25) is 18.1 Å². The first kappa shape index (κ1) is 29.6. The summed E-state index contributed by atoms with van der Waals surface area (Å²) in [5.74, 6) is 1.38. The van der Waals surface area contributed by atoms with Gasteiger partial charge in [-0.3, -0.25) is 4.79 Å². The quantitative estimate of drug-likeness (QED) is 0.136. The Kier molecular flexibility index (Phi) is 14.4. The van der Waals surface area contributed by atoms with E-state index in [1.54, 1.807) is 0 Å². The molecule has 1 aliphatic carbocycles. The number of hydrogen-bond acceptors (Lipinski definition) is 4. The van der Waals surface area contributed by atoms with E-state index in [0.717, 1.165) is 31.8 Å². The maximum atomic E-state index is 11.5. The number of esters is 1. The third-order valence-electron chi connectivity index (χ3n) is 7.74. The second-order valence-electron chi connectivity index (χ2n) is 11.4. The fraction of sp³-hybridized carbons (Fsp3) is 0.963. The minimum Gasteiger partial charge on any atom is -0.466 e. The van der Waals surface area contributed by atoms with Gasteiger partial charge < -0.3 is 14.5 Å². The minimum absolute atomic E-state index is 0.0452. The third kappa shape index (κ3) is 11.2. The normalized spacial score (nSPS) is 21.8. The van der Waals surface area contributed by atoms with E-state index >= 15 is 0 Å². The van der Waals surface area contributed by atoms with E-state index < -0.39 is 8.32 Å². The van der Waals surface area contributed by atoms with E-state index in [2.05, 4.69) is 46.1 Å². The summed E-state index contributed by atoms with van der Waals surface area (Å²) >= 11 is 0. The Morgan fingerprint density at radius 3 is 2.31 bits per heavy atom. The van der Waals surface area contributed by atoms with Crippen molar-refractivity contribution in [2.24, 2.45) is 11.8 Å². The van der Waals surface area contributed by atoms with Gasteiger partial charge in [0.25, 0.3) is 0 Å². The van der Waals surface area contributed by atoms with Crippen molar-refractivity contribution in [3.63, 3.8) is 0 Å². The molecule has 1 aliphatic rings. The summed E-state index contributed by atoms with van der Waals surface area (Å²) in [6, 6.07) is 0. The summed E-state index contributed by atoms with van der Waals surface area (Å²) in [6.07, 6.45) is 14.6. The minimum atomic E-state index is -1.75. The number of ether oxygens (including phenoxy) is 1. The molecule has 0 unspecified atom stereocenters. The molecule has 0 spiro atoms. The zero-order valence-corrected chi connectivity index (χ0v) is 23.6. The number of nitrogens with one attached hydrogen (secondary N) is 1. The number of hydrogen-bond donors (Lipinski definition) is 1. The van der Waals surface area contributed by atoms with Crippen molar-refractivity contribution in [3.8, 4) is 0 Å². The Morgan fingerprint density at radius 2 is 1.66 bits per heavy atom. The van der Waals surface area contributed by atoms with Crippen molar-refractivity contribution in [1.82, 2.24) is 5.32 Å². The second kappa shape index (κ2) is 15.5. The molecule has 0 aliphatic heterocycles. The molecule has 3 atom stereocenters. The maximum Gasteiger partial charge on any atom is 0.305 e. The molecule has 0 radical (unpaired) electrons. The molecule has 1 rings (SSSR count). The van der Waals surface area contributed by atoms with Crippen molar-refractivity contribution in [2.45, 2.75) is 136 Å². The fourth-order valence-corrected chi connectivity index (χ4v) is 6.09. The van der Waals surface area contributed by atoms with Gasteiger partial charge in [-0.05, 0) is 82.1 Å². The van der Waals surface area contributed by atoms with Gasteiger partial charge in [-0.25, -0.2) is 0 Å². The topological polar surface area (TPSA) is 47.6 Å². The molecule has 190 valence electrons. The summed E-state index contributed by atoms with van der Waals surface area (Å²) in [7, 11) is -1.75. The lowest BCUT2D eigenvalue weighted by molar-refractivity contribution is -0.143. The molecule has 1 N–H and O–H groups in total. The Morgan fingerprint density at radius 1 is 0.969 bits per heavy atom. The predicted octanol–water partition coefficient (Wildman–Crippen LogP) is 7.48. The molecule has 1 fully saturated rings. The van der Waals surface area contributed by atoms with Gasteiger partial charge in [0.15, 0.2) is 8.32 Å². The molecule has 0 bridgehead atoms. The lowest BCUT2D eigenvalue weighted by Crippen LogP contribution is -2.45. The Hall–Kier alpha value is -0.393. The average Bonchev–Trinajstić information content (AvgIpc) is 3.07. The van der Waals surface area contributed by atoms with Crippen molar-refractivity contribution in [1.29, 1.82) is 0 Å². The highest BCUT2D eigenvalue weighted by molar-refractivity contribution is 6.74. The molecular weight excluding hydrogens is 414 g/mol. The largest absolute Gasteiger partial charge is 0.466 e. The van der Waals surface area contributed by atoms with Gasteiger partial charge in [-0.15, -0.1) is 0 Å². The average molecular weight is 470 g/mol. The number of carbonyl (C=O) groups excluding carboxylic acids is 1. The molecule has 0 aromatic heterocycles. The van der Waals surface area contributed by atoms with Crippen LogP contribution in [0.25, 0.3) is 0 Å². The number of rotatable bonds is 17. The van der Waals surface area contributed by atoms with Crippen LogP contribution < -0.4 is 5.32 Å². The maximum absolute atomic E-state index is 11.5. The monoisotopic (exact) mass is 469 g/mol. The van der Waals surface area contributed by atoms with Crippen LogP contribution in [0.5, 0.6) is 0 Å². The van der Waals surface area contributed by atoms with E-state index in [9.17, 15) is 4.79 Å². The van der Waals surface area contributed by atoms with Crippen LogP contribution in [0.1, 0.15) is 112 Å². The highest BCUT2D eigenvalue weighted by Gasteiger charge is 2.44. The first-order valence-corrected chi connectivity index (χ1v) is 16.6. The van der Waals surface area contributed by atoms with Crippen LogP contribution in [0.3, 0.4) is 0 Å². The fourth-order valence-electron chi connectivity index (χ4n) is 4.69. The standard InChI is InChI=1S/C27H55NO3Si/c1-8-10-11-16-21-28-22-23-19-20-25(31-32(6,7)27(3,4)5)24(23)17-14-12-13-15-18-26(29)30-9-2/h23-25,28H,8-22H2,1-7H3/t23-,24+,25-/m0/s1. The summed E-state index contributed by atoms with van der Waals surface area (Å²) in [4.78, 5) is 11.5. The van der Waals surface area contributed by atoms with Crippen LogP contribution in [0, 0.1) is 11.8 Å². The highest BCUT2D eigenvalue weighted by Crippen LogP contribution is 2.43. The van der Waals surface area contributed by atoms with Gasteiger partial charge in [0.2, 0.25) is 0 Å². The molecule has 0 amide bonds. The number of unbranched alkanes of at least 4 members (excludes halogenated alkanes) is 6. The molecule has 0 saturated heterocycles. The molecule has 0 aromatic carbocycles. The summed E-state index contributed by atoms with van der Waals surface area (Å²) in [5.41, 5.74) is 0. The second-order valence-corrected chi connectivity index (χ2v) is 16.2. The molecule has 0 heterocycles. The van der Waals surface area contributed by atoms with Crippen LogP contribution in [0.15, 0.2) is 0 Å². The zero-order valence-electron chi connectivity index (χ0n) is 22.6. The van der Waals surface area contributed by atoms with Crippen molar-refractivity contribution < 1.29 is 14.0 Å². The first-order chi connectivity index (χ1) is 15.1. The summed E-state index contributed by atoms with van der Waals surface area (Å²) in [6.45, 7) is 18.8. The highest BCUT2D eigenvalue weighted by atomic mass is 28.4. The van der Waals surface area contributed by atoms with Crippen molar-refractivity contribution in [3.05, 3.63) is 0 Å². The SMILES string of the molecule is CCCCCCNC[C@@H]1CC[C@H](O[Si](C)(C)C(C)(C)C)[C@@H]1CCCCCCC(=O)OCC. The molecule has 1 saturated carbocycles. The van der Waals surface area contributed by atoms with Gasteiger partial charge in [0, 0.05) is 12.5 Å². The van der Waals surface area contributed by atoms with E-state index in [1.807, 2.05) is 6.92 Å². The van der Waals surface area contributed by atoms with E-state index in [1.165, 1.54) is 57.8 Å². The molecule has 0 aromatic rings.